The Morgan fingerprint density at radius 2 is 2.28 bits per heavy atom. The molecule has 3 rings (SSSR count). The van der Waals surface area contributed by atoms with E-state index in [0.717, 1.165) is 37.3 Å². The molecule has 0 radical (unpaired) electrons. The zero-order valence-corrected chi connectivity index (χ0v) is 10.5. The van der Waals surface area contributed by atoms with Gasteiger partial charge in [-0.3, -0.25) is 4.79 Å². The first-order valence-corrected chi connectivity index (χ1v) is 6.49. The highest BCUT2D eigenvalue weighted by Crippen LogP contribution is 2.28. The van der Waals surface area contributed by atoms with Crippen LogP contribution in [0.2, 0.25) is 0 Å². The molecule has 0 bridgehead atoms. The van der Waals surface area contributed by atoms with Gasteiger partial charge in [0.05, 0.1) is 23.3 Å². The molecule has 2 heterocycles. The second-order valence-corrected chi connectivity index (χ2v) is 5.41. The fraction of sp³-hybridized carbons (Fsp3) is 0.750. The number of carboxylic acid groups (broad SMARTS) is 1. The van der Waals surface area contributed by atoms with E-state index in [1.807, 2.05) is 4.68 Å². The van der Waals surface area contributed by atoms with Crippen molar-refractivity contribution in [2.24, 2.45) is 5.92 Å². The lowest BCUT2D eigenvalue weighted by molar-refractivity contribution is -0.142. The van der Waals surface area contributed by atoms with Gasteiger partial charge in [-0.25, -0.2) is 4.68 Å². The predicted molar refractivity (Wildman–Crippen MR) is 64.3 cm³/mol. The third kappa shape index (κ3) is 1.90. The van der Waals surface area contributed by atoms with Gasteiger partial charge in [-0.05, 0) is 32.9 Å². The smallest absolute Gasteiger partial charge is 0.306 e. The van der Waals surface area contributed by atoms with Crippen molar-refractivity contribution < 1.29 is 9.90 Å². The zero-order valence-electron chi connectivity index (χ0n) is 10.5. The average molecular weight is 250 g/mol. The van der Waals surface area contributed by atoms with Crippen LogP contribution in [0.1, 0.15) is 30.3 Å². The topological polar surface area (TPSA) is 71.2 Å². The Kier molecular flexibility index (Phi) is 2.81. The van der Waals surface area contributed by atoms with Gasteiger partial charge in [0.2, 0.25) is 0 Å². The van der Waals surface area contributed by atoms with Crippen LogP contribution in [-0.2, 0) is 17.6 Å². The fourth-order valence-corrected chi connectivity index (χ4v) is 3.01. The standard InChI is InChI=1S/C12H18N4O2/c1-15-5-4-9(7-15)16-11-6-8(12(17)18)2-3-10(11)13-14-16/h8-9H,2-7H2,1H3,(H,17,18)/t8-,9+/m0/s1. The van der Waals surface area contributed by atoms with Crippen LogP contribution in [-0.4, -0.2) is 51.1 Å². The lowest BCUT2D eigenvalue weighted by Gasteiger charge is -2.21. The second kappa shape index (κ2) is 4.35. The van der Waals surface area contributed by atoms with Crippen molar-refractivity contribution in [1.29, 1.82) is 0 Å². The minimum absolute atomic E-state index is 0.270. The molecule has 1 aromatic rings. The van der Waals surface area contributed by atoms with Crippen LogP contribution < -0.4 is 0 Å². The van der Waals surface area contributed by atoms with Gasteiger partial charge in [-0.1, -0.05) is 5.21 Å². The Morgan fingerprint density at radius 3 is 2.94 bits per heavy atom. The highest BCUT2D eigenvalue weighted by molar-refractivity contribution is 5.70. The van der Waals surface area contributed by atoms with E-state index in [0.29, 0.717) is 18.9 Å². The summed E-state index contributed by atoms with van der Waals surface area (Å²) in [5.74, 6) is -0.967. The van der Waals surface area contributed by atoms with Gasteiger partial charge < -0.3 is 10.0 Å². The van der Waals surface area contributed by atoms with Gasteiger partial charge in [-0.15, -0.1) is 5.10 Å². The van der Waals surface area contributed by atoms with Gasteiger partial charge in [-0.2, -0.15) is 0 Å². The molecular weight excluding hydrogens is 232 g/mol. The number of nitrogens with zero attached hydrogens (tertiary/aromatic N) is 4. The first-order valence-electron chi connectivity index (χ1n) is 6.49. The van der Waals surface area contributed by atoms with Gasteiger partial charge in [0, 0.05) is 13.0 Å². The quantitative estimate of drug-likeness (QED) is 0.819. The molecule has 18 heavy (non-hydrogen) atoms. The Morgan fingerprint density at radius 1 is 1.44 bits per heavy atom. The first-order chi connectivity index (χ1) is 8.65. The number of carbonyl (C=O) groups is 1. The summed E-state index contributed by atoms with van der Waals surface area (Å²) in [6, 6.07) is 0.360. The Balaban J connectivity index is 1.85. The van der Waals surface area contributed by atoms with Crippen molar-refractivity contribution in [3.8, 4) is 0 Å². The van der Waals surface area contributed by atoms with Gasteiger partial charge in [0.1, 0.15) is 0 Å². The molecule has 1 aromatic heterocycles. The van der Waals surface area contributed by atoms with Crippen molar-refractivity contribution in [1.82, 2.24) is 19.9 Å². The number of likely N-dealkylation sites (tertiary alicyclic amines) is 1. The molecule has 0 unspecified atom stereocenters. The Labute approximate surface area is 106 Å². The zero-order chi connectivity index (χ0) is 12.7. The van der Waals surface area contributed by atoms with Crippen LogP contribution >= 0.6 is 0 Å². The van der Waals surface area contributed by atoms with E-state index in [4.69, 9.17) is 5.11 Å². The lowest BCUT2D eigenvalue weighted by atomic mass is 9.89. The van der Waals surface area contributed by atoms with E-state index in [9.17, 15) is 4.79 Å². The van der Waals surface area contributed by atoms with Crippen LogP contribution in [0.5, 0.6) is 0 Å². The molecule has 1 aliphatic carbocycles. The molecule has 6 heteroatoms. The number of hydrogen-bond donors (Lipinski definition) is 1. The molecule has 1 aliphatic heterocycles. The van der Waals surface area contributed by atoms with E-state index >= 15 is 0 Å². The molecule has 0 aromatic carbocycles. The summed E-state index contributed by atoms with van der Waals surface area (Å²) in [5.41, 5.74) is 2.05. The Hall–Kier alpha value is -1.43. The summed E-state index contributed by atoms with van der Waals surface area (Å²) in [6.45, 7) is 2.05. The first kappa shape index (κ1) is 11.6. The molecule has 0 amide bonds. The van der Waals surface area contributed by atoms with Crippen molar-refractivity contribution in [3.05, 3.63) is 11.4 Å². The van der Waals surface area contributed by atoms with Crippen molar-refractivity contribution >= 4 is 5.97 Å². The minimum Gasteiger partial charge on any atom is -0.481 e. The lowest BCUT2D eigenvalue weighted by Crippen LogP contribution is -2.26. The third-order valence-corrected chi connectivity index (χ3v) is 4.10. The van der Waals surface area contributed by atoms with Gasteiger partial charge in [0.15, 0.2) is 0 Å². The highest BCUT2D eigenvalue weighted by atomic mass is 16.4. The molecule has 1 N–H and O–H groups in total. The van der Waals surface area contributed by atoms with E-state index in [2.05, 4.69) is 22.3 Å². The molecule has 2 aliphatic rings. The largest absolute Gasteiger partial charge is 0.481 e. The number of likely N-dealkylation sites (N-methyl/N-ethyl adjacent to an activating group) is 1. The summed E-state index contributed by atoms with van der Waals surface area (Å²) >= 11 is 0. The fourth-order valence-electron chi connectivity index (χ4n) is 3.01. The molecule has 1 saturated heterocycles. The number of aromatic nitrogens is 3. The SMILES string of the molecule is CN1CC[C@@H](n2nnc3c2C[C@@H](C(=O)O)CC3)C1. The number of fused-ring (bicyclic) bond motifs is 1. The van der Waals surface area contributed by atoms with Crippen molar-refractivity contribution in [2.45, 2.75) is 31.7 Å². The van der Waals surface area contributed by atoms with E-state index in [1.165, 1.54) is 0 Å². The number of aryl methyl sites for hydroxylation is 1. The molecule has 0 spiro atoms. The summed E-state index contributed by atoms with van der Waals surface area (Å²) < 4.78 is 1.98. The van der Waals surface area contributed by atoms with E-state index < -0.39 is 5.97 Å². The van der Waals surface area contributed by atoms with E-state index in [1.54, 1.807) is 0 Å². The number of hydrogen-bond acceptors (Lipinski definition) is 4. The molecule has 0 saturated carbocycles. The van der Waals surface area contributed by atoms with E-state index in [-0.39, 0.29) is 5.92 Å². The summed E-state index contributed by atoms with van der Waals surface area (Å²) in [5, 5.41) is 17.6. The Bertz CT molecular complexity index is 471. The number of aliphatic carboxylic acids is 1. The molecule has 1 fully saturated rings. The van der Waals surface area contributed by atoms with Crippen LogP contribution in [0.3, 0.4) is 0 Å². The predicted octanol–water partition coefficient (Wildman–Crippen LogP) is 0.344. The van der Waals surface area contributed by atoms with Crippen LogP contribution in [0, 0.1) is 5.92 Å². The molecule has 98 valence electrons. The average Bonchev–Trinajstić information content (AvgIpc) is 2.93. The normalized spacial score (nSPS) is 28.3. The monoisotopic (exact) mass is 250 g/mol. The van der Waals surface area contributed by atoms with Gasteiger partial charge >= 0.3 is 5.97 Å². The highest BCUT2D eigenvalue weighted by Gasteiger charge is 2.32. The number of rotatable bonds is 2. The van der Waals surface area contributed by atoms with Crippen molar-refractivity contribution in [3.63, 3.8) is 0 Å². The maximum absolute atomic E-state index is 11.1. The molecule has 2 atom stereocenters. The molecule has 6 nitrogen and oxygen atoms in total. The summed E-state index contributed by atoms with van der Waals surface area (Å²) in [4.78, 5) is 13.4. The maximum atomic E-state index is 11.1. The summed E-state index contributed by atoms with van der Waals surface area (Å²) in [6.07, 6.45) is 3.09. The molecular formula is C12H18N4O2. The maximum Gasteiger partial charge on any atom is 0.306 e. The number of carboxylic acids is 1. The second-order valence-electron chi connectivity index (χ2n) is 5.41. The van der Waals surface area contributed by atoms with Crippen LogP contribution in [0.25, 0.3) is 0 Å². The summed E-state index contributed by atoms with van der Waals surface area (Å²) in [7, 11) is 2.10. The van der Waals surface area contributed by atoms with Gasteiger partial charge in [0.25, 0.3) is 0 Å². The minimum atomic E-state index is -0.697. The van der Waals surface area contributed by atoms with Crippen LogP contribution in [0.15, 0.2) is 0 Å². The van der Waals surface area contributed by atoms with Crippen LogP contribution in [0.4, 0.5) is 0 Å². The van der Waals surface area contributed by atoms with Crippen molar-refractivity contribution in [2.75, 3.05) is 20.1 Å². The third-order valence-electron chi connectivity index (χ3n) is 4.10.